The van der Waals surface area contributed by atoms with Gasteiger partial charge in [0, 0.05) is 11.8 Å². The summed E-state index contributed by atoms with van der Waals surface area (Å²) in [6.07, 6.45) is 1.85. The average molecular weight is 365 g/mol. The molecule has 1 aliphatic rings. The van der Waals surface area contributed by atoms with E-state index in [1.165, 1.54) is 0 Å². The molecule has 1 N–H and O–H groups in total. The number of carbonyl (C=O) groups excluding carboxylic acids is 1. The molecule has 0 atom stereocenters. The summed E-state index contributed by atoms with van der Waals surface area (Å²) >= 11 is 0. The second-order valence-corrected chi connectivity index (χ2v) is 5.99. The zero-order chi connectivity index (χ0) is 18.6. The van der Waals surface area contributed by atoms with Crippen molar-refractivity contribution in [3.63, 3.8) is 0 Å². The van der Waals surface area contributed by atoms with E-state index >= 15 is 0 Å². The quantitative estimate of drug-likeness (QED) is 0.752. The van der Waals surface area contributed by atoms with Crippen molar-refractivity contribution in [1.82, 2.24) is 15.1 Å². The molecule has 0 saturated carbocycles. The topological polar surface area (TPSA) is 74.6 Å². The number of amides is 1. The highest BCUT2D eigenvalue weighted by molar-refractivity contribution is 5.94. The third-order valence-corrected chi connectivity index (χ3v) is 4.22. The lowest BCUT2D eigenvalue weighted by molar-refractivity contribution is 0.0949. The van der Waals surface area contributed by atoms with E-state index in [4.69, 9.17) is 14.2 Å². The molecule has 2 heterocycles. The van der Waals surface area contributed by atoms with E-state index in [1.807, 2.05) is 36.5 Å². The maximum Gasteiger partial charge on any atom is 0.251 e. The predicted octanol–water partition coefficient (Wildman–Crippen LogP) is 2.58. The summed E-state index contributed by atoms with van der Waals surface area (Å²) < 4.78 is 17.9. The Morgan fingerprint density at radius 1 is 1.11 bits per heavy atom. The number of aromatic nitrogens is 2. The first-order valence-corrected chi connectivity index (χ1v) is 8.60. The SMILES string of the molecule is COc1ccc(-n2ccc(CNC(=O)c3ccc4c(c3)OCCO4)n2)cc1. The molecule has 3 aromatic rings. The Bertz CT molecular complexity index is 950. The first-order chi connectivity index (χ1) is 13.2. The fraction of sp³-hybridized carbons (Fsp3) is 0.200. The molecule has 0 aliphatic carbocycles. The smallest absolute Gasteiger partial charge is 0.251 e. The number of rotatable bonds is 5. The molecule has 7 heteroatoms. The minimum absolute atomic E-state index is 0.189. The van der Waals surface area contributed by atoms with Gasteiger partial charge in [0.25, 0.3) is 5.91 Å². The van der Waals surface area contributed by atoms with Gasteiger partial charge in [-0.25, -0.2) is 4.68 Å². The van der Waals surface area contributed by atoms with Gasteiger partial charge in [0.05, 0.1) is 25.0 Å². The van der Waals surface area contributed by atoms with E-state index < -0.39 is 0 Å². The molecular weight excluding hydrogens is 346 g/mol. The molecule has 0 unspecified atom stereocenters. The third kappa shape index (κ3) is 3.72. The largest absolute Gasteiger partial charge is 0.497 e. The van der Waals surface area contributed by atoms with E-state index in [0.717, 1.165) is 17.1 Å². The molecule has 1 aromatic heterocycles. The van der Waals surface area contributed by atoms with Crippen LogP contribution in [0.2, 0.25) is 0 Å². The molecule has 4 rings (SSSR count). The lowest BCUT2D eigenvalue weighted by Gasteiger charge is -2.18. The number of carbonyl (C=O) groups is 1. The van der Waals surface area contributed by atoms with Crippen LogP contribution in [-0.4, -0.2) is 36.0 Å². The van der Waals surface area contributed by atoms with E-state index in [0.29, 0.717) is 36.8 Å². The molecule has 0 saturated heterocycles. The van der Waals surface area contributed by atoms with Gasteiger partial charge < -0.3 is 19.5 Å². The van der Waals surface area contributed by atoms with Crippen molar-refractivity contribution in [3.8, 4) is 22.9 Å². The minimum Gasteiger partial charge on any atom is -0.497 e. The normalized spacial score (nSPS) is 12.5. The van der Waals surface area contributed by atoms with Gasteiger partial charge in [-0.15, -0.1) is 0 Å². The Kier molecular flexibility index (Phi) is 4.65. The summed E-state index contributed by atoms with van der Waals surface area (Å²) in [5, 5.41) is 7.36. The monoisotopic (exact) mass is 365 g/mol. The van der Waals surface area contributed by atoms with Crippen LogP contribution in [0.3, 0.4) is 0 Å². The molecule has 0 fully saturated rings. The number of nitrogens with one attached hydrogen (secondary N) is 1. The van der Waals surface area contributed by atoms with Gasteiger partial charge in [-0.3, -0.25) is 4.79 Å². The number of benzene rings is 2. The fourth-order valence-electron chi connectivity index (χ4n) is 2.79. The lowest BCUT2D eigenvalue weighted by atomic mass is 10.2. The Hall–Kier alpha value is -3.48. The number of ether oxygens (including phenoxy) is 3. The molecule has 0 radical (unpaired) electrons. The highest BCUT2D eigenvalue weighted by atomic mass is 16.6. The maximum atomic E-state index is 12.4. The number of fused-ring (bicyclic) bond motifs is 1. The second-order valence-electron chi connectivity index (χ2n) is 5.99. The van der Waals surface area contributed by atoms with Gasteiger partial charge in [-0.2, -0.15) is 5.10 Å². The van der Waals surface area contributed by atoms with Crippen LogP contribution in [0.4, 0.5) is 0 Å². The predicted molar refractivity (Wildman–Crippen MR) is 98.7 cm³/mol. The first-order valence-electron chi connectivity index (χ1n) is 8.60. The highest BCUT2D eigenvalue weighted by Crippen LogP contribution is 2.30. The standard InChI is InChI=1S/C20H19N3O4/c1-25-17-5-3-16(4-6-17)23-9-8-15(22-23)13-21-20(24)14-2-7-18-19(12-14)27-11-10-26-18/h2-9,12H,10-11,13H2,1H3,(H,21,24). The van der Waals surface area contributed by atoms with Crippen LogP contribution >= 0.6 is 0 Å². The molecule has 2 aromatic carbocycles. The molecule has 0 bridgehead atoms. The molecule has 0 spiro atoms. The van der Waals surface area contributed by atoms with Crippen LogP contribution in [-0.2, 0) is 6.54 Å². The molecule has 27 heavy (non-hydrogen) atoms. The Balaban J connectivity index is 1.40. The van der Waals surface area contributed by atoms with Crippen molar-refractivity contribution in [1.29, 1.82) is 0 Å². The Morgan fingerprint density at radius 2 is 1.89 bits per heavy atom. The van der Waals surface area contributed by atoms with Crippen LogP contribution in [0, 0.1) is 0 Å². The molecule has 1 aliphatic heterocycles. The van der Waals surface area contributed by atoms with Gasteiger partial charge in [0.15, 0.2) is 11.5 Å². The zero-order valence-electron chi connectivity index (χ0n) is 14.8. The summed E-state index contributed by atoms with van der Waals surface area (Å²) in [5.41, 5.74) is 2.20. The summed E-state index contributed by atoms with van der Waals surface area (Å²) in [7, 11) is 1.63. The van der Waals surface area contributed by atoms with Crippen molar-refractivity contribution in [3.05, 3.63) is 66.0 Å². The van der Waals surface area contributed by atoms with Crippen molar-refractivity contribution in [2.75, 3.05) is 20.3 Å². The summed E-state index contributed by atoms with van der Waals surface area (Å²) in [6.45, 7) is 1.34. The number of hydrogen-bond acceptors (Lipinski definition) is 5. The maximum absolute atomic E-state index is 12.4. The van der Waals surface area contributed by atoms with Crippen molar-refractivity contribution in [2.45, 2.75) is 6.54 Å². The van der Waals surface area contributed by atoms with Crippen molar-refractivity contribution < 1.29 is 19.0 Å². The van der Waals surface area contributed by atoms with Crippen molar-refractivity contribution in [2.24, 2.45) is 0 Å². The minimum atomic E-state index is -0.189. The van der Waals surface area contributed by atoms with Gasteiger partial charge in [0.2, 0.25) is 0 Å². The summed E-state index contributed by atoms with van der Waals surface area (Å²) in [4.78, 5) is 12.4. The van der Waals surface area contributed by atoms with Crippen LogP contribution in [0.1, 0.15) is 16.1 Å². The van der Waals surface area contributed by atoms with Gasteiger partial charge >= 0.3 is 0 Å². The van der Waals surface area contributed by atoms with E-state index in [2.05, 4.69) is 10.4 Å². The lowest BCUT2D eigenvalue weighted by Crippen LogP contribution is -2.23. The summed E-state index contributed by atoms with van der Waals surface area (Å²) in [6, 6.07) is 14.6. The van der Waals surface area contributed by atoms with E-state index in [1.54, 1.807) is 30.0 Å². The number of hydrogen-bond donors (Lipinski definition) is 1. The third-order valence-electron chi connectivity index (χ3n) is 4.22. The van der Waals surface area contributed by atoms with Gasteiger partial charge in [-0.1, -0.05) is 0 Å². The van der Waals surface area contributed by atoms with E-state index in [9.17, 15) is 4.79 Å². The number of methoxy groups -OCH3 is 1. The van der Waals surface area contributed by atoms with Crippen LogP contribution < -0.4 is 19.5 Å². The first kappa shape index (κ1) is 17.0. The van der Waals surface area contributed by atoms with Gasteiger partial charge in [0.1, 0.15) is 19.0 Å². The van der Waals surface area contributed by atoms with Crippen LogP contribution in [0.25, 0.3) is 5.69 Å². The summed E-state index contributed by atoms with van der Waals surface area (Å²) in [5.74, 6) is 1.86. The number of nitrogens with zero attached hydrogens (tertiary/aromatic N) is 2. The second kappa shape index (κ2) is 7.41. The Morgan fingerprint density at radius 3 is 2.67 bits per heavy atom. The molecule has 1 amide bonds. The Labute approximate surface area is 156 Å². The molecular formula is C20H19N3O4. The van der Waals surface area contributed by atoms with Crippen molar-refractivity contribution >= 4 is 5.91 Å². The zero-order valence-corrected chi connectivity index (χ0v) is 14.8. The van der Waals surface area contributed by atoms with Gasteiger partial charge in [-0.05, 0) is 48.5 Å². The molecule has 7 nitrogen and oxygen atoms in total. The van der Waals surface area contributed by atoms with Crippen LogP contribution in [0.5, 0.6) is 17.2 Å². The van der Waals surface area contributed by atoms with Crippen LogP contribution in [0.15, 0.2) is 54.7 Å². The average Bonchev–Trinajstić information content (AvgIpc) is 3.21. The molecule has 138 valence electrons. The highest BCUT2D eigenvalue weighted by Gasteiger charge is 2.15. The fourth-order valence-corrected chi connectivity index (χ4v) is 2.79. The van der Waals surface area contributed by atoms with E-state index in [-0.39, 0.29) is 5.91 Å².